The molecule has 1 fully saturated rings. The first-order valence-electron chi connectivity index (χ1n) is 7.41. The van der Waals surface area contributed by atoms with Crippen molar-refractivity contribution in [2.45, 2.75) is 0 Å². The molecule has 0 spiro atoms. The number of amidine groups is 1. The van der Waals surface area contributed by atoms with Gasteiger partial charge in [-0.2, -0.15) is 0 Å². The summed E-state index contributed by atoms with van der Waals surface area (Å²) in [5, 5.41) is 20.8. The summed E-state index contributed by atoms with van der Waals surface area (Å²) in [6.07, 6.45) is 1.64. The SMILES string of the molecule is CN1C(=O)/C(=C/c2ccc([O-])c(Cl)c2)SC1=Nc1ccc(C(=O)O)cc1. The number of aromatic carboxylic acids is 1. The standard InChI is InChI=1S/C18H13ClN2O4S/c1-21-16(23)15(9-10-2-7-14(22)13(19)8-10)26-18(21)20-12-5-3-11(4-6-12)17(24)25/h2-9,22H,1H3,(H,24,25)/p-1/b15-9-,20-18?. The lowest BCUT2D eigenvalue weighted by molar-refractivity contribution is -0.268. The van der Waals surface area contributed by atoms with Crippen LogP contribution in [0.3, 0.4) is 0 Å². The average Bonchev–Trinajstić information content (AvgIpc) is 2.87. The molecule has 0 unspecified atom stereocenters. The predicted molar refractivity (Wildman–Crippen MR) is 99.7 cm³/mol. The molecule has 0 aromatic heterocycles. The Balaban J connectivity index is 1.87. The maximum Gasteiger partial charge on any atom is 0.335 e. The first-order chi connectivity index (χ1) is 12.3. The number of amides is 1. The molecule has 132 valence electrons. The van der Waals surface area contributed by atoms with Crippen LogP contribution in [-0.4, -0.2) is 34.1 Å². The quantitative estimate of drug-likeness (QED) is 0.815. The number of benzene rings is 2. The van der Waals surface area contributed by atoms with E-state index in [1.807, 2.05) is 0 Å². The Kier molecular flexibility index (Phi) is 5.01. The largest absolute Gasteiger partial charge is 0.871 e. The summed E-state index contributed by atoms with van der Waals surface area (Å²) in [6, 6.07) is 10.5. The van der Waals surface area contributed by atoms with Gasteiger partial charge in [-0.3, -0.25) is 9.69 Å². The zero-order valence-electron chi connectivity index (χ0n) is 13.5. The molecule has 0 radical (unpaired) electrons. The van der Waals surface area contributed by atoms with Gasteiger partial charge in [-0.25, -0.2) is 9.79 Å². The van der Waals surface area contributed by atoms with Gasteiger partial charge < -0.3 is 10.2 Å². The van der Waals surface area contributed by atoms with E-state index >= 15 is 0 Å². The molecule has 1 aliphatic heterocycles. The number of hydrogen-bond acceptors (Lipinski definition) is 5. The molecule has 0 saturated carbocycles. The Labute approximate surface area is 158 Å². The average molecular weight is 388 g/mol. The second kappa shape index (κ2) is 7.23. The summed E-state index contributed by atoms with van der Waals surface area (Å²) < 4.78 is 0. The van der Waals surface area contributed by atoms with Gasteiger partial charge in [0, 0.05) is 12.1 Å². The van der Waals surface area contributed by atoms with Crippen molar-refractivity contribution in [3.63, 3.8) is 0 Å². The lowest BCUT2D eigenvalue weighted by Gasteiger charge is -2.08. The number of carbonyl (C=O) groups is 2. The number of hydrogen-bond donors (Lipinski definition) is 1. The van der Waals surface area contributed by atoms with E-state index in [1.165, 1.54) is 40.9 Å². The Hall–Kier alpha value is -2.77. The molecule has 1 heterocycles. The van der Waals surface area contributed by atoms with Gasteiger partial charge in [0.1, 0.15) is 0 Å². The number of halogens is 1. The summed E-state index contributed by atoms with van der Waals surface area (Å²) in [4.78, 5) is 29.5. The number of aliphatic imine (C=N–C) groups is 1. The lowest BCUT2D eigenvalue weighted by Crippen LogP contribution is -2.23. The van der Waals surface area contributed by atoms with E-state index in [4.69, 9.17) is 16.7 Å². The molecule has 3 rings (SSSR count). The minimum atomic E-state index is -1.01. The highest BCUT2D eigenvalue weighted by molar-refractivity contribution is 8.18. The summed E-state index contributed by atoms with van der Waals surface area (Å²) in [5.41, 5.74) is 1.35. The molecule has 6 nitrogen and oxygen atoms in total. The fourth-order valence-corrected chi connectivity index (χ4v) is 3.37. The molecule has 1 aliphatic rings. The van der Waals surface area contributed by atoms with E-state index in [0.717, 1.165) is 0 Å². The number of rotatable bonds is 3. The van der Waals surface area contributed by atoms with E-state index in [1.54, 1.807) is 31.3 Å². The molecule has 2 aromatic carbocycles. The van der Waals surface area contributed by atoms with Crippen LogP contribution < -0.4 is 5.11 Å². The third-order valence-corrected chi connectivity index (χ3v) is 4.95. The Morgan fingerprint density at radius 1 is 1.27 bits per heavy atom. The highest BCUT2D eigenvalue weighted by Crippen LogP contribution is 2.34. The van der Waals surface area contributed by atoms with Gasteiger partial charge in [0.2, 0.25) is 0 Å². The molecule has 0 bridgehead atoms. The number of likely N-dealkylation sites (N-methyl/N-ethyl adjacent to an activating group) is 1. The molecule has 0 atom stereocenters. The minimum absolute atomic E-state index is 0.0931. The summed E-state index contributed by atoms with van der Waals surface area (Å²) in [7, 11) is 1.61. The highest BCUT2D eigenvalue weighted by Gasteiger charge is 2.30. The van der Waals surface area contributed by atoms with Gasteiger partial charge in [0.05, 0.1) is 16.2 Å². The maximum absolute atomic E-state index is 12.4. The van der Waals surface area contributed by atoms with Crippen LogP contribution in [0.2, 0.25) is 5.02 Å². The first kappa shape index (κ1) is 18.0. The van der Waals surface area contributed by atoms with Crippen molar-refractivity contribution < 1.29 is 19.8 Å². The zero-order valence-corrected chi connectivity index (χ0v) is 15.0. The molecule has 8 heteroatoms. The number of nitrogens with zero attached hydrogens (tertiary/aromatic N) is 2. The monoisotopic (exact) mass is 387 g/mol. The van der Waals surface area contributed by atoms with Crippen molar-refractivity contribution in [3.05, 3.63) is 63.5 Å². The van der Waals surface area contributed by atoms with E-state index in [2.05, 4.69) is 4.99 Å². The predicted octanol–water partition coefficient (Wildman–Crippen LogP) is 3.35. The molecular weight excluding hydrogens is 376 g/mol. The van der Waals surface area contributed by atoms with Gasteiger partial charge >= 0.3 is 5.97 Å². The normalized spacial score (nSPS) is 17.3. The first-order valence-corrected chi connectivity index (χ1v) is 8.61. The van der Waals surface area contributed by atoms with Crippen LogP contribution >= 0.6 is 23.4 Å². The third kappa shape index (κ3) is 3.74. The van der Waals surface area contributed by atoms with Crippen LogP contribution in [0.4, 0.5) is 5.69 Å². The highest BCUT2D eigenvalue weighted by atomic mass is 35.5. The molecule has 1 amide bonds. The van der Waals surface area contributed by atoms with Crippen LogP contribution in [0.25, 0.3) is 6.08 Å². The van der Waals surface area contributed by atoms with Crippen molar-refractivity contribution in [2.75, 3.05) is 7.05 Å². The molecule has 1 saturated heterocycles. The molecule has 2 aromatic rings. The van der Waals surface area contributed by atoms with Crippen LogP contribution in [0, 0.1) is 0 Å². The van der Waals surface area contributed by atoms with Crippen molar-refractivity contribution in [1.29, 1.82) is 0 Å². The fourth-order valence-electron chi connectivity index (χ4n) is 2.20. The van der Waals surface area contributed by atoms with Crippen LogP contribution in [0.5, 0.6) is 5.75 Å². The number of carboxylic acid groups (broad SMARTS) is 1. The topological polar surface area (TPSA) is 93.0 Å². The Morgan fingerprint density at radius 2 is 1.96 bits per heavy atom. The van der Waals surface area contributed by atoms with Gasteiger partial charge in [0.25, 0.3) is 5.91 Å². The van der Waals surface area contributed by atoms with Crippen LogP contribution in [0.15, 0.2) is 52.4 Å². The summed E-state index contributed by atoms with van der Waals surface area (Å²) in [5.74, 6) is -1.51. The van der Waals surface area contributed by atoms with Gasteiger partial charge in [0.15, 0.2) is 5.17 Å². The van der Waals surface area contributed by atoms with Crippen molar-refractivity contribution in [1.82, 2.24) is 4.90 Å². The summed E-state index contributed by atoms with van der Waals surface area (Å²) >= 11 is 7.01. The van der Waals surface area contributed by atoms with Gasteiger partial charge in [-0.05, 0) is 53.7 Å². The zero-order chi connectivity index (χ0) is 18.8. The Bertz CT molecular complexity index is 954. The van der Waals surface area contributed by atoms with Gasteiger partial charge in [-0.1, -0.05) is 29.5 Å². The molecule has 1 N–H and O–H groups in total. The second-order valence-electron chi connectivity index (χ2n) is 5.41. The van der Waals surface area contributed by atoms with Crippen molar-refractivity contribution in [2.24, 2.45) is 4.99 Å². The number of thioether (sulfide) groups is 1. The van der Waals surface area contributed by atoms with E-state index < -0.39 is 5.97 Å². The number of carboxylic acids is 1. The smallest absolute Gasteiger partial charge is 0.335 e. The van der Waals surface area contributed by atoms with Crippen molar-refractivity contribution in [3.8, 4) is 5.75 Å². The van der Waals surface area contributed by atoms with E-state index in [-0.39, 0.29) is 22.2 Å². The number of carbonyl (C=O) groups excluding carboxylic acids is 1. The lowest BCUT2D eigenvalue weighted by atomic mass is 10.2. The van der Waals surface area contributed by atoms with Crippen molar-refractivity contribution >= 4 is 52.2 Å². The second-order valence-corrected chi connectivity index (χ2v) is 6.83. The minimum Gasteiger partial charge on any atom is -0.871 e. The van der Waals surface area contributed by atoms with E-state index in [9.17, 15) is 14.7 Å². The van der Waals surface area contributed by atoms with Gasteiger partial charge in [-0.15, -0.1) is 0 Å². The summed E-state index contributed by atoms with van der Waals surface area (Å²) in [6.45, 7) is 0. The third-order valence-electron chi connectivity index (χ3n) is 3.60. The maximum atomic E-state index is 12.4. The molecule has 0 aliphatic carbocycles. The Morgan fingerprint density at radius 3 is 2.58 bits per heavy atom. The van der Waals surface area contributed by atoms with Crippen LogP contribution in [-0.2, 0) is 4.79 Å². The molecular formula is C18H12ClN2O4S-. The fraction of sp³-hybridized carbons (Fsp3) is 0.0556. The van der Waals surface area contributed by atoms with Crippen LogP contribution in [0.1, 0.15) is 15.9 Å². The van der Waals surface area contributed by atoms with E-state index in [0.29, 0.717) is 21.3 Å². The molecule has 26 heavy (non-hydrogen) atoms.